The third-order valence-corrected chi connectivity index (χ3v) is 4.35. The van der Waals surface area contributed by atoms with Gasteiger partial charge in [-0.25, -0.2) is 4.39 Å². The number of piperidine rings is 1. The first-order valence-electron chi connectivity index (χ1n) is 7.93. The molecule has 0 aromatic heterocycles. The van der Waals surface area contributed by atoms with Gasteiger partial charge < -0.3 is 10.2 Å². The van der Waals surface area contributed by atoms with Gasteiger partial charge in [-0.3, -0.25) is 0 Å². The van der Waals surface area contributed by atoms with Crippen LogP contribution < -0.4 is 5.32 Å². The van der Waals surface area contributed by atoms with Crippen LogP contribution in [-0.4, -0.2) is 30.6 Å². The Bertz CT molecular complexity index is 408. The van der Waals surface area contributed by atoms with E-state index in [9.17, 15) is 4.39 Å². The van der Waals surface area contributed by atoms with E-state index in [0.717, 1.165) is 25.1 Å². The molecule has 0 bridgehead atoms. The molecule has 2 rings (SSSR count). The maximum absolute atomic E-state index is 13.4. The second-order valence-corrected chi connectivity index (χ2v) is 5.83. The van der Waals surface area contributed by atoms with E-state index in [4.69, 9.17) is 0 Å². The van der Waals surface area contributed by atoms with Crippen LogP contribution in [0.15, 0.2) is 24.3 Å². The first-order valence-corrected chi connectivity index (χ1v) is 7.93. The van der Waals surface area contributed by atoms with E-state index in [0.29, 0.717) is 6.04 Å². The van der Waals surface area contributed by atoms with Crippen molar-refractivity contribution in [3.05, 3.63) is 35.6 Å². The molecule has 0 saturated carbocycles. The number of rotatable bonds is 6. The molecule has 1 N–H and O–H groups in total. The van der Waals surface area contributed by atoms with Crippen LogP contribution in [0.1, 0.15) is 51.1 Å². The molecule has 2 nitrogen and oxygen atoms in total. The van der Waals surface area contributed by atoms with Gasteiger partial charge in [-0.05, 0) is 57.0 Å². The number of halogens is 1. The molecule has 0 radical (unpaired) electrons. The van der Waals surface area contributed by atoms with Crippen molar-refractivity contribution in [3.8, 4) is 0 Å². The Balaban J connectivity index is 1.95. The fraction of sp³-hybridized carbons (Fsp3) is 0.647. The minimum absolute atomic E-state index is 0.142. The summed E-state index contributed by atoms with van der Waals surface area (Å²) in [6.45, 7) is 7.65. The summed E-state index contributed by atoms with van der Waals surface area (Å²) < 4.78 is 13.4. The highest BCUT2D eigenvalue weighted by atomic mass is 19.1. The Morgan fingerprint density at radius 2 is 2.25 bits per heavy atom. The minimum atomic E-state index is -0.142. The molecule has 2 atom stereocenters. The summed E-state index contributed by atoms with van der Waals surface area (Å²) in [5.41, 5.74) is 1.07. The minimum Gasteiger partial charge on any atom is -0.310 e. The Hall–Kier alpha value is -0.930. The number of hydrogen-bond acceptors (Lipinski definition) is 2. The summed E-state index contributed by atoms with van der Waals surface area (Å²) in [5.74, 6) is -0.142. The van der Waals surface area contributed by atoms with E-state index in [1.54, 1.807) is 12.1 Å². The van der Waals surface area contributed by atoms with Crippen LogP contribution in [0, 0.1) is 5.82 Å². The van der Waals surface area contributed by atoms with Crippen LogP contribution >= 0.6 is 0 Å². The van der Waals surface area contributed by atoms with Gasteiger partial charge in [-0.2, -0.15) is 0 Å². The summed E-state index contributed by atoms with van der Waals surface area (Å²) in [6.07, 6.45) is 5.03. The van der Waals surface area contributed by atoms with E-state index in [1.807, 2.05) is 6.07 Å². The normalized spacial score (nSPS) is 21.9. The monoisotopic (exact) mass is 278 g/mol. The molecule has 0 spiro atoms. The quantitative estimate of drug-likeness (QED) is 0.852. The van der Waals surface area contributed by atoms with Crippen molar-refractivity contribution < 1.29 is 4.39 Å². The van der Waals surface area contributed by atoms with Crippen molar-refractivity contribution in [2.24, 2.45) is 0 Å². The highest BCUT2D eigenvalue weighted by Crippen LogP contribution is 2.21. The molecule has 1 fully saturated rings. The summed E-state index contributed by atoms with van der Waals surface area (Å²) in [6, 6.07) is 7.95. The van der Waals surface area contributed by atoms with E-state index in [-0.39, 0.29) is 11.9 Å². The molecule has 112 valence electrons. The molecule has 1 aromatic carbocycles. The molecule has 0 amide bonds. The third kappa shape index (κ3) is 4.29. The lowest BCUT2D eigenvalue weighted by Gasteiger charge is -2.34. The first kappa shape index (κ1) is 15.5. The van der Waals surface area contributed by atoms with E-state index in [2.05, 4.69) is 24.1 Å². The molecule has 2 unspecified atom stereocenters. The zero-order valence-electron chi connectivity index (χ0n) is 12.7. The lowest BCUT2D eigenvalue weighted by atomic mass is 10.00. The Labute approximate surface area is 122 Å². The third-order valence-electron chi connectivity index (χ3n) is 4.35. The van der Waals surface area contributed by atoms with Crippen molar-refractivity contribution >= 4 is 0 Å². The summed E-state index contributed by atoms with van der Waals surface area (Å²) in [4.78, 5) is 2.58. The summed E-state index contributed by atoms with van der Waals surface area (Å²) in [7, 11) is 0. The Morgan fingerprint density at radius 1 is 1.40 bits per heavy atom. The van der Waals surface area contributed by atoms with Crippen LogP contribution in [0.2, 0.25) is 0 Å². The maximum atomic E-state index is 13.4. The molecule has 3 heteroatoms. The zero-order valence-corrected chi connectivity index (χ0v) is 12.7. The molecule has 1 saturated heterocycles. The van der Waals surface area contributed by atoms with Gasteiger partial charge in [0.2, 0.25) is 0 Å². The maximum Gasteiger partial charge on any atom is 0.123 e. The molecule has 0 aliphatic carbocycles. The van der Waals surface area contributed by atoms with E-state index < -0.39 is 0 Å². The Morgan fingerprint density at radius 3 is 2.95 bits per heavy atom. The fourth-order valence-corrected chi connectivity index (χ4v) is 3.14. The molecule has 1 aliphatic heterocycles. The van der Waals surface area contributed by atoms with Gasteiger partial charge in [0, 0.05) is 18.6 Å². The average molecular weight is 278 g/mol. The molecular formula is C17H27FN2. The van der Waals surface area contributed by atoms with Gasteiger partial charge in [0.1, 0.15) is 5.82 Å². The lowest BCUT2D eigenvalue weighted by molar-refractivity contribution is 0.153. The van der Waals surface area contributed by atoms with Crippen LogP contribution in [0.3, 0.4) is 0 Å². The highest BCUT2D eigenvalue weighted by Gasteiger charge is 2.19. The average Bonchev–Trinajstić information content (AvgIpc) is 2.45. The second kappa shape index (κ2) is 7.75. The van der Waals surface area contributed by atoms with Gasteiger partial charge in [0.15, 0.2) is 0 Å². The smallest absolute Gasteiger partial charge is 0.123 e. The van der Waals surface area contributed by atoms with Gasteiger partial charge >= 0.3 is 0 Å². The fourth-order valence-electron chi connectivity index (χ4n) is 3.14. The van der Waals surface area contributed by atoms with Gasteiger partial charge in [-0.1, -0.05) is 25.5 Å². The molecular weight excluding hydrogens is 251 g/mol. The first-order chi connectivity index (χ1) is 9.70. The lowest BCUT2D eigenvalue weighted by Crippen LogP contribution is -2.39. The van der Waals surface area contributed by atoms with Crippen molar-refractivity contribution in [1.29, 1.82) is 0 Å². The zero-order chi connectivity index (χ0) is 14.4. The summed E-state index contributed by atoms with van der Waals surface area (Å²) >= 11 is 0. The second-order valence-electron chi connectivity index (χ2n) is 5.83. The number of hydrogen-bond donors (Lipinski definition) is 1. The van der Waals surface area contributed by atoms with Gasteiger partial charge in [0.25, 0.3) is 0 Å². The number of benzene rings is 1. The topological polar surface area (TPSA) is 15.3 Å². The Kier molecular flexibility index (Phi) is 5.99. The predicted octanol–water partition coefficient (Wildman–Crippen LogP) is 3.74. The largest absolute Gasteiger partial charge is 0.310 e. The number of nitrogens with one attached hydrogen (secondary N) is 1. The van der Waals surface area contributed by atoms with Gasteiger partial charge in [0.05, 0.1) is 0 Å². The van der Waals surface area contributed by atoms with Crippen LogP contribution in [-0.2, 0) is 0 Å². The highest BCUT2D eigenvalue weighted by molar-refractivity contribution is 5.20. The number of nitrogens with zero attached hydrogens (tertiary/aromatic N) is 1. The molecule has 1 heterocycles. The van der Waals surface area contributed by atoms with E-state index >= 15 is 0 Å². The van der Waals surface area contributed by atoms with Crippen LogP contribution in [0.5, 0.6) is 0 Å². The van der Waals surface area contributed by atoms with Crippen LogP contribution in [0.25, 0.3) is 0 Å². The standard InChI is InChI=1S/C17H27FN2/c1-3-19-17(15-8-6-9-16(18)13-15)10-12-20-11-5-4-7-14(20)2/h6,8-9,13-14,17,19H,3-5,7,10-12H2,1-2H3. The van der Waals surface area contributed by atoms with Crippen molar-refractivity contribution in [2.45, 2.75) is 51.6 Å². The molecule has 20 heavy (non-hydrogen) atoms. The molecule has 1 aromatic rings. The van der Waals surface area contributed by atoms with Crippen LogP contribution in [0.4, 0.5) is 4.39 Å². The van der Waals surface area contributed by atoms with Crippen molar-refractivity contribution in [1.82, 2.24) is 10.2 Å². The van der Waals surface area contributed by atoms with E-state index in [1.165, 1.54) is 31.9 Å². The summed E-state index contributed by atoms with van der Waals surface area (Å²) in [5, 5.41) is 3.49. The van der Waals surface area contributed by atoms with Gasteiger partial charge in [-0.15, -0.1) is 0 Å². The SMILES string of the molecule is CCNC(CCN1CCCCC1C)c1cccc(F)c1. The number of likely N-dealkylation sites (tertiary alicyclic amines) is 1. The molecule has 1 aliphatic rings. The van der Waals surface area contributed by atoms with Crippen molar-refractivity contribution in [3.63, 3.8) is 0 Å². The predicted molar refractivity (Wildman–Crippen MR) is 82.3 cm³/mol. The van der Waals surface area contributed by atoms with Crippen molar-refractivity contribution in [2.75, 3.05) is 19.6 Å².